The first-order valence-corrected chi connectivity index (χ1v) is 13.4. The number of likely N-dealkylation sites (tertiary alicyclic amines) is 1. The molecule has 1 amide bonds. The van der Waals surface area contributed by atoms with Crippen molar-refractivity contribution in [3.05, 3.63) is 76.8 Å². The summed E-state index contributed by atoms with van der Waals surface area (Å²) in [6.07, 6.45) is 2.40. The summed E-state index contributed by atoms with van der Waals surface area (Å²) in [5, 5.41) is 5.26. The van der Waals surface area contributed by atoms with Crippen molar-refractivity contribution >= 4 is 32.4 Å². The van der Waals surface area contributed by atoms with Crippen LogP contribution in [-0.4, -0.2) is 37.3 Å². The summed E-state index contributed by atoms with van der Waals surface area (Å²) >= 11 is 1.38. The molecule has 4 rings (SSSR count). The van der Waals surface area contributed by atoms with Crippen molar-refractivity contribution < 1.29 is 13.2 Å². The molecule has 0 bridgehead atoms. The van der Waals surface area contributed by atoms with Gasteiger partial charge in [0.1, 0.15) is 0 Å². The van der Waals surface area contributed by atoms with E-state index in [0.717, 1.165) is 36.8 Å². The maximum absolute atomic E-state index is 12.7. The van der Waals surface area contributed by atoms with E-state index in [0.29, 0.717) is 5.13 Å². The van der Waals surface area contributed by atoms with E-state index < -0.39 is 10.0 Å². The highest BCUT2D eigenvalue weighted by Crippen LogP contribution is 2.22. The fraction of sp³-hybridized carbons (Fsp3) is 0.333. The molecular weight excluding hydrogens is 456 g/mol. The topological polar surface area (TPSA) is 91.4 Å². The molecule has 2 N–H and O–H groups in total. The van der Waals surface area contributed by atoms with Crippen LogP contribution in [0.1, 0.15) is 41.4 Å². The highest BCUT2D eigenvalue weighted by molar-refractivity contribution is 7.89. The van der Waals surface area contributed by atoms with Gasteiger partial charge >= 0.3 is 0 Å². The van der Waals surface area contributed by atoms with Gasteiger partial charge in [0, 0.05) is 24.0 Å². The second-order valence-corrected chi connectivity index (χ2v) is 11.0. The number of benzene rings is 2. The van der Waals surface area contributed by atoms with Gasteiger partial charge in [-0.1, -0.05) is 43.3 Å². The fourth-order valence-corrected chi connectivity index (χ4v) is 5.48. The lowest BCUT2D eigenvalue weighted by Gasteiger charge is -2.29. The van der Waals surface area contributed by atoms with Gasteiger partial charge in [0.05, 0.1) is 10.6 Å². The average molecular weight is 485 g/mol. The standard InChI is InChI=1S/C24H28N4O3S2/c1-18-10-12-28(13-11-18)16-21-17-32-24(26-21)27-23(29)20-8-5-9-22(14-20)33(30,31)25-15-19-6-3-2-4-7-19/h2-9,14,17-18,25H,10-13,15-16H2,1H3,(H,26,27,29). The summed E-state index contributed by atoms with van der Waals surface area (Å²) in [6.45, 7) is 5.38. The number of anilines is 1. The first-order valence-electron chi connectivity index (χ1n) is 11.0. The zero-order valence-electron chi connectivity index (χ0n) is 18.5. The van der Waals surface area contributed by atoms with Crippen molar-refractivity contribution in [1.82, 2.24) is 14.6 Å². The van der Waals surface area contributed by atoms with Crippen LogP contribution in [0.3, 0.4) is 0 Å². The Balaban J connectivity index is 1.37. The first kappa shape index (κ1) is 23.6. The van der Waals surface area contributed by atoms with E-state index in [1.165, 1.54) is 36.3 Å². The third kappa shape index (κ3) is 6.48. The predicted molar refractivity (Wildman–Crippen MR) is 131 cm³/mol. The SMILES string of the molecule is CC1CCN(Cc2csc(NC(=O)c3cccc(S(=O)(=O)NCc4ccccc4)c3)n2)CC1. The van der Waals surface area contributed by atoms with Crippen LogP contribution in [0.5, 0.6) is 0 Å². The van der Waals surface area contributed by atoms with Crippen LogP contribution in [0.2, 0.25) is 0 Å². The Bertz CT molecular complexity index is 1190. The maximum Gasteiger partial charge on any atom is 0.257 e. The highest BCUT2D eigenvalue weighted by Gasteiger charge is 2.19. The Hall–Kier alpha value is -2.59. The lowest BCUT2D eigenvalue weighted by atomic mass is 9.99. The summed E-state index contributed by atoms with van der Waals surface area (Å²) in [7, 11) is -3.75. The third-order valence-corrected chi connectivity index (χ3v) is 7.96. The number of sulfonamides is 1. The maximum atomic E-state index is 12.7. The number of nitrogens with zero attached hydrogens (tertiary/aromatic N) is 2. The van der Waals surface area contributed by atoms with Gasteiger partial charge in [-0.25, -0.2) is 18.1 Å². The van der Waals surface area contributed by atoms with Gasteiger partial charge in [0.25, 0.3) is 5.91 Å². The highest BCUT2D eigenvalue weighted by atomic mass is 32.2. The molecule has 3 aromatic rings. The lowest BCUT2D eigenvalue weighted by molar-refractivity contribution is 0.102. The zero-order chi connectivity index (χ0) is 23.3. The summed E-state index contributed by atoms with van der Waals surface area (Å²) < 4.78 is 28.0. The van der Waals surface area contributed by atoms with Crippen molar-refractivity contribution in [2.24, 2.45) is 5.92 Å². The number of nitrogens with one attached hydrogen (secondary N) is 2. The molecule has 2 heterocycles. The van der Waals surface area contributed by atoms with Gasteiger partial charge in [-0.15, -0.1) is 11.3 Å². The van der Waals surface area contributed by atoms with Gasteiger partial charge in [0.15, 0.2) is 5.13 Å². The van der Waals surface area contributed by atoms with Crippen LogP contribution in [0.15, 0.2) is 64.9 Å². The summed E-state index contributed by atoms with van der Waals surface area (Å²) in [6, 6.07) is 15.3. The van der Waals surface area contributed by atoms with Gasteiger partial charge < -0.3 is 0 Å². The molecule has 7 nitrogen and oxygen atoms in total. The van der Waals surface area contributed by atoms with E-state index in [4.69, 9.17) is 0 Å². The van der Waals surface area contributed by atoms with Gasteiger partial charge in [-0.2, -0.15) is 0 Å². The van der Waals surface area contributed by atoms with E-state index in [1.807, 2.05) is 35.7 Å². The molecule has 174 valence electrons. The minimum Gasteiger partial charge on any atom is -0.298 e. The van der Waals surface area contributed by atoms with Crippen LogP contribution in [0.25, 0.3) is 0 Å². The largest absolute Gasteiger partial charge is 0.298 e. The van der Waals surface area contributed by atoms with Crippen LogP contribution in [-0.2, 0) is 23.1 Å². The van der Waals surface area contributed by atoms with Crippen LogP contribution >= 0.6 is 11.3 Å². The van der Waals surface area contributed by atoms with E-state index >= 15 is 0 Å². The minimum absolute atomic E-state index is 0.0465. The molecular formula is C24H28N4O3S2. The molecule has 1 aromatic heterocycles. The molecule has 2 aromatic carbocycles. The Morgan fingerprint density at radius 1 is 1.12 bits per heavy atom. The molecule has 33 heavy (non-hydrogen) atoms. The number of carbonyl (C=O) groups is 1. The van der Waals surface area contributed by atoms with Crippen molar-refractivity contribution in [1.29, 1.82) is 0 Å². The molecule has 0 spiro atoms. The molecule has 0 aliphatic carbocycles. The number of hydrogen-bond donors (Lipinski definition) is 2. The van der Waals surface area contributed by atoms with E-state index in [1.54, 1.807) is 12.1 Å². The molecule has 1 saturated heterocycles. The zero-order valence-corrected chi connectivity index (χ0v) is 20.2. The number of rotatable bonds is 8. The van der Waals surface area contributed by atoms with E-state index in [2.05, 4.69) is 26.8 Å². The van der Waals surface area contributed by atoms with E-state index in [-0.39, 0.29) is 22.9 Å². The average Bonchev–Trinajstić information content (AvgIpc) is 3.26. The van der Waals surface area contributed by atoms with Crippen LogP contribution < -0.4 is 10.0 Å². The fourth-order valence-electron chi connectivity index (χ4n) is 3.72. The van der Waals surface area contributed by atoms with E-state index in [9.17, 15) is 13.2 Å². The molecule has 0 unspecified atom stereocenters. The van der Waals surface area contributed by atoms with Crippen molar-refractivity contribution in [3.63, 3.8) is 0 Å². The summed E-state index contributed by atoms with van der Waals surface area (Å²) in [5.74, 6) is 0.391. The Labute approximate surface area is 198 Å². The minimum atomic E-state index is -3.75. The number of hydrogen-bond acceptors (Lipinski definition) is 6. The smallest absolute Gasteiger partial charge is 0.257 e. The number of carbonyl (C=O) groups excluding carboxylic acids is 1. The molecule has 0 saturated carbocycles. The Kier molecular flexibility index (Phi) is 7.54. The lowest BCUT2D eigenvalue weighted by Crippen LogP contribution is -2.32. The summed E-state index contributed by atoms with van der Waals surface area (Å²) in [5.41, 5.74) is 2.05. The number of amides is 1. The molecule has 1 fully saturated rings. The second kappa shape index (κ2) is 10.6. The van der Waals surface area contributed by atoms with Crippen LogP contribution in [0.4, 0.5) is 5.13 Å². The van der Waals surface area contributed by atoms with Crippen molar-refractivity contribution in [2.75, 3.05) is 18.4 Å². The van der Waals surface area contributed by atoms with Crippen molar-refractivity contribution in [2.45, 2.75) is 37.8 Å². The van der Waals surface area contributed by atoms with Crippen molar-refractivity contribution in [3.8, 4) is 0 Å². The molecule has 0 radical (unpaired) electrons. The second-order valence-electron chi connectivity index (χ2n) is 8.39. The quantitative estimate of drug-likeness (QED) is 0.502. The van der Waals surface area contributed by atoms with Gasteiger partial charge in [-0.3, -0.25) is 15.0 Å². The van der Waals surface area contributed by atoms with Gasteiger partial charge in [-0.05, 0) is 55.6 Å². The van der Waals surface area contributed by atoms with Gasteiger partial charge in [0.2, 0.25) is 10.0 Å². The Morgan fingerprint density at radius 3 is 2.64 bits per heavy atom. The molecule has 1 aliphatic heterocycles. The number of thiazole rings is 1. The predicted octanol–water partition coefficient (Wildman–Crippen LogP) is 4.11. The number of piperidine rings is 1. The molecule has 9 heteroatoms. The monoisotopic (exact) mass is 484 g/mol. The number of aromatic nitrogens is 1. The third-order valence-electron chi connectivity index (χ3n) is 5.75. The Morgan fingerprint density at radius 2 is 1.88 bits per heavy atom. The molecule has 1 aliphatic rings. The molecule has 0 atom stereocenters. The first-order chi connectivity index (χ1) is 15.9. The van der Waals surface area contributed by atoms with Crippen LogP contribution in [0, 0.1) is 5.92 Å². The summed E-state index contributed by atoms with van der Waals surface area (Å²) in [4.78, 5) is 19.7. The normalized spacial score (nSPS) is 15.4.